The number of hydrogen-bond acceptors (Lipinski definition) is 2. The second-order valence-electron chi connectivity index (χ2n) is 5.89. The Hall–Kier alpha value is -2.37. The summed E-state index contributed by atoms with van der Waals surface area (Å²) in [4.78, 5) is 25.1. The smallest absolute Gasteiger partial charge is 0.279 e. The van der Waals surface area contributed by atoms with E-state index in [9.17, 15) is 9.59 Å². The summed E-state index contributed by atoms with van der Waals surface area (Å²) in [5.74, 6) is -0.266. The molecule has 5 nitrogen and oxygen atoms in total. The minimum absolute atomic E-state index is 0.113. The highest BCUT2D eigenvalue weighted by atomic mass is 35.5. The number of rotatable bonds is 7. The summed E-state index contributed by atoms with van der Waals surface area (Å²) < 4.78 is 0. The largest absolute Gasteiger partial charge is 0.352 e. The number of benzene rings is 2. The average Bonchev–Trinajstić information content (AvgIpc) is 2.57. The normalized spacial score (nSPS) is 11.6. The first-order valence-corrected chi connectivity index (χ1v) is 8.60. The number of amides is 2. The van der Waals surface area contributed by atoms with Gasteiger partial charge in [0.15, 0.2) is 6.54 Å². The van der Waals surface area contributed by atoms with Crippen LogP contribution in [0.2, 0.25) is 5.02 Å². The fraction of sp³-hybridized carbons (Fsp3) is 0.263. The lowest BCUT2D eigenvalue weighted by atomic mass is 10.2. The van der Waals surface area contributed by atoms with Crippen LogP contribution in [0.4, 0.5) is 5.69 Å². The van der Waals surface area contributed by atoms with Crippen molar-refractivity contribution in [2.24, 2.45) is 0 Å². The van der Waals surface area contributed by atoms with E-state index in [0.29, 0.717) is 35.9 Å². The van der Waals surface area contributed by atoms with E-state index in [1.54, 1.807) is 24.3 Å². The van der Waals surface area contributed by atoms with Crippen molar-refractivity contribution in [2.45, 2.75) is 13.5 Å². The summed E-state index contributed by atoms with van der Waals surface area (Å²) >= 11 is 6.16. The minimum atomic E-state index is -0.153. The van der Waals surface area contributed by atoms with Crippen LogP contribution < -0.4 is 15.5 Å². The van der Waals surface area contributed by atoms with Gasteiger partial charge in [0, 0.05) is 28.4 Å². The molecular weight excluding hydrogens is 338 g/mol. The molecule has 0 saturated heterocycles. The fourth-order valence-electron chi connectivity index (χ4n) is 2.51. The monoisotopic (exact) mass is 360 g/mol. The maximum absolute atomic E-state index is 12.2. The van der Waals surface area contributed by atoms with Crippen molar-refractivity contribution in [1.29, 1.82) is 0 Å². The van der Waals surface area contributed by atoms with Gasteiger partial charge in [0.2, 0.25) is 0 Å². The van der Waals surface area contributed by atoms with Crippen LogP contribution in [-0.4, -0.2) is 32.0 Å². The van der Waals surface area contributed by atoms with Gasteiger partial charge in [-0.1, -0.05) is 35.9 Å². The third-order valence-corrected chi connectivity index (χ3v) is 4.03. The molecule has 25 heavy (non-hydrogen) atoms. The second kappa shape index (κ2) is 9.20. The molecule has 0 spiro atoms. The van der Waals surface area contributed by atoms with Gasteiger partial charge in [-0.2, -0.15) is 0 Å². The van der Waals surface area contributed by atoms with Crippen molar-refractivity contribution in [3.8, 4) is 0 Å². The molecule has 2 amide bonds. The quantitative estimate of drug-likeness (QED) is 0.704. The maximum Gasteiger partial charge on any atom is 0.279 e. The number of quaternary nitrogens is 1. The highest BCUT2D eigenvalue weighted by molar-refractivity contribution is 6.31. The van der Waals surface area contributed by atoms with Gasteiger partial charge in [-0.25, -0.2) is 0 Å². The average molecular weight is 361 g/mol. The molecule has 1 unspecified atom stereocenters. The van der Waals surface area contributed by atoms with E-state index < -0.39 is 0 Å². The van der Waals surface area contributed by atoms with Gasteiger partial charge >= 0.3 is 0 Å². The Morgan fingerprint density at radius 1 is 1.12 bits per heavy atom. The first-order valence-electron chi connectivity index (χ1n) is 8.22. The minimum Gasteiger partial charge on any atom is -0.352 e. The Labute approximate surface area is 153 Å². The van der Waals surface area contributed by atoms with Crippen LogP contribution in [0.5, 0.6) is 0 Å². The molecule has 0 aromatic heterocycles. The zero-order valence-electron chi connectivity index (χ0n) is 14.4. The zero-order valence-corrected chi connectivity index (χ0v) is 15.2. The fourth-order valence-corrected chi connectivity index (χ4v) is 2.71. The number of likely N-dealkylation sites (N-methyl/N-ethyl adjacent to an activating group) is 1. The Morgan fingerprint density at radius 2 is 1.88 bits per heavy atom. The van der Waals surface area contributed by atoms with Crippen molar-refractivity contribution in [3.63, 3.8) is 0 Å². The van der Waals surface area contributed by atoms with Crippen LogP contribution in [0.15, 0.2) is 48.5 Å². The van der Waals surface area contributed by atoms with Crippen LogP contribution in [-0.2, 0) is 11.3 Å². The third-order valence-electron chi connectivity index (χ3n) is 3.66. The number of hydrogen-bond donors (Lipinski definition) is 3. The molecule has 1 atom stereocenters. The summed E-state index contributed by atoms with van der Waals surface area (Å²) in [6.07, 6.45) is 0. The number of halogens is 1. The SMILES string of the molecule is CCNC(=O)c1cccc(NC(=O)C[NH+](C)Cc2ccccc2Cl)c1. The molecule has 0 fully saturated rings. The molecule has 2 rings (SSSR count). The highest BCUT2D eigenvalue weighted by Crippen LogP contribution is 2.13. The predicted octanol–water partition coefficient (Wildman–Crippen LogP) is 1.74. The highest BCUT2D eigenvalue weighted by Gasteiger charge is 2.13. The molecule has 0 aliphatic rings. The Morgan fingerprint density at radius 3 is 2.60 bits per heavy atom. The lowest BCUT2D eigenvalue weighted by molar-refractivity contribution is -0.885. The van der Waals surface area contributed by atoms with E-state index >= 15 is 0 Å². The van der Waals surface area contributed by atoms with E-state index in [1.807, 2.05) is 38.2 Å². The summed E-state index contributed by atoms with van der Waals surface area (Å²) in [5, 5.41) is 6.28. The van der Waals surface area contributed by atoms with E-state index in [4.69, 9.17) is 11.6 Å². The van der Waals surface area contributed by atoms with Crippen LogP contribution in [0.3, 0.4) is 0 Å². The molecule has 0 saturated carbocycles. The van der Waals surface area contributed by atoms with Crippen LogP contribution >= 0.6 is 11.6 Å². The zero-order chi connectivity index (χ0) is 18.2. The van der Waals surface area contributed by atoms with E-state index in [-0.39, 0.29) is 11.8 Å². The molecule has 0 heterocycles. The van der Waals surface area contributed by atoms with Crippen LogP contribution in [0.1, 0.15) is 22.8 Å². The summed E-state index contributed by atoms with van der Waals surface area (Å²) in [6.45, 7) is 3.38. The molecule has 6 heteroatoms. The number of carbonyl (C=O) groups is 2. The van der Waals surface area contributed by atoms with Gasteiger partial charge in [0.1, 0.15) is 6.54 Å². The molecule has 2 aromatic rings. The van der Waals surface area contributed by atoms with Crippen LogP contribution in [0.25, 0.3) is 0 Å². The van der Waals surface area contributed by atoms with Gasteiger partial charge in [-0.15, -0.1) is 0 Å². The Bertz CT molecular complexity index is 749. The first kappa shape index (κ1) is 19.0. The van der Waals surface area contributed by atoms with Crippen molar-refractivity contribution >= 4 is 29.1 Å². The molecular formula is C19H23ClN3O2+. The molecule has 0 aliphatic carbocycles. The third kappa shape index (κ3) is 5.89. The van der Waals surface area contributed by atoms with Crippen molar-refractivity contribution < 1.29 is 14.5 Å². The molecule has 3 N–H and O–H groups in total. The standard InChI is InChI=1S/C19H22ClN3O2/c1-3-21-19(25)14-8-6-9-16(11-14)22-18(24)13-23(2)12-15-7-4-5-10-17(15)20/h4-11H,3,12-13H2,1-2H3,(H,21,25)(H,22,24)/p+1. The maximum atomic E-state index is 12.2. The predicted molar refractivity (Wildman–Crippen MR) is 100.0 cm³/mol. The Kier molecular flexibility index (Phi) is 6.98. The summed E-state index contributed by atoms with van der Waals surface area (Å²) in [6, 6.07) is 14.5. The van der Waals surface area contributed by atoms with Gasteiger partial charge < -0.3 is 15.5 Å². The lowest BCUT2D eigenvalue weighted by Crippen LogP contribution is -3.08. The second-order valence-corrected chi connectivity index (χ2v) is 6.30. The number of nitrogens with one attached hydrogen (secondary N) is 3. The first-order chi connectivity index (χ1) is 12.0. The summed E-state index contributed by atoms with van der Waals surface area (Å²) in [5.41, 5.74) is 2.14. The topological polar surface area (TPSA) is 62.6 Å². The number of anilines is 1. The van der Waals surface area contributed by atoms with Gasteiger partial charge in [0.05, 0.1) is 7.05 Å². The molecule has 0 bridgehead atoms. The van der Waals surface area contributed by atoms with Gasteiger partial charge in [0.25, 0.3) is 11.8 Å². The molecule has 0 aliphatic heterocycles. The number of carbonyl (C=O) groups excluding carboxylic acids is 2. The van der Waals surface area contributed by atoms with E-state index in [2.05, 4.69) is 10.6 Å². The Balaban J connectivity index is 1.92. The van der Waals surface area contributed by atoms with E-state index in [1.165, 1.54) is 0 Å². The van der Waals surface area contributed by atoms with Crippen molar-refractivity contribution in [3.05, 3.63) is 64.7 Å². The van der Waals surface area contributed by atoms with Crippen molar-refractivity contribution in [1.82, 2.24) is 5.32 Å². The lowest BCUT2D eigenvalue weighted by Gasteiger charge is -2.15. The molecule has 0 radical (unpaired) electrons. The molecule has 132 valence electrons. The van der Waals surface area contributed by atoms with Crippen molar-refractivity contribution in [2.75, 3.05) is 25.5 Å². The molecule has 2 aromatic carbocycles. The summed E-state index contributed by atoms with van der Waals surface area (Å²) in [7, 11) is 1.94. The van der Waals surface area contributed by atoms with Crippen LogP contribution in [0, 0.1) is 0 Å². The van der Waals surface area contributed by atoms with E-state index in [0.717, 1.165) is 10.5 Å². The van der Waals surface area contributed by atoms with Gasteiger partial charge in [-0.3, -0.25) is 9.59 Å². The van der Waals surface area contributed by atoms with Gasteiger partial charge in [-0.05, 0) is 31.2 Å².